The van der Waals surface area contributed by atoms with Gasteiger partial charge in [-0.15, -0.1) is 0 Å². The van der Waals surface area contributed by atoms with Crippen molar-refractivity contribution in [1.82, 2.24) is 4.98 Å². The molecule has 0 aliphatic carbocycles. The van der Waals surface area contributed by atoms with Gasteiger partial charge in [-0.2, -0.15) is 0 Å². The van der Waals surface area contributed by atoms with Crippen LogP contribution in [0.2, 0.25) is 0 Å². The van der Waals surface area contributed by atoms with Gasteiger partial charge in [0, 0.05) is 12.3 Å². The summed E-state index contributed by atoms with van der Waals surface area (Å²) in [6.45, 7) is 0. The van der Waals surface area contributed by atoms with Crippen molar-refractivity contribution >= 4 is 0 Å². The number of pyridine rings is 1. The Labute approximate surface area is 95.9 Å². The number of rotatable bonds is 2. The van der Waals surface area contributed by atoms with Crippen LogP contribution in [0.15, 0.2) is 36.5 Å². The average molecular weight is 238 g/mol. The van der Waals surface area contributed by atoms with Gasteiger partial charge in [-0.25, -0.2) is 13.2 Å². The lowest BCUT2D eigenvalue weighted by atomic mass is 10.0. The molecule has 2 aromatic rings. The van der Waals surface area contributed by atoms with Gasteiger partial charge in [0.2, 0.25) is 0 Å². The lowest BCUT2D eigenvalue weighted by molar-refractivity contribution is 0.566. The van der Waals surface area contributed by atoms with Gasteiger partial charge in [0.1, 0.15) is 17.5 Å². The summed E-state index contributed by atoms with van der Waals surface area (Å²) in [5, 5.41) is 0. The summed E-state index contributed by atoms with van der Waals surface area (Å²) in [5.41, 5.74) is 5.81. The fourth-order valence-corrected chi connectivity index (χ4v) is 1.54. The highest BCUT2D eigenvalue weighted by atomic mass is 19.1. The predicted octanol–water partition coefficient (Wildman–Crippen LogP) is 2.55. The van der Waals surface area contributed by atoms with Crippen LogP contribution in [0.1, 0.15) is 17.3 Å². The summed E-state index contributed by atoms with van der Waals surface area (Å²) >= 11 is 0. The fourth-order valence-electron chi connectivity index (χ4n) is 1.54. The predicted molar refractivity (Wildman–Crippen MR) is 56.6 cm³/mol. The summed E-state index contributed by atoms with van der Waals surface area (Å²) in [6.07, 6.45) is 1.37. The van der Waals surface area contributed by atoms with Crippen molar-refractivity contribution in [3.8, 4) is 0 Å². The van der Waals surface area contributed by atoms with Crippen molar-refractivity contribution in [2.45, 2.75) is 6.04 Å². The lowest BCUT2D eigenvalue weighted by Crippen LogP contribution is -2.15. The number of hydrogen-bond donors (Lipinski definition) is 1. The first-order chi connectivity index (χ1) is 8.08. The third kappa shape index (κ3) is 2.45. The number of halogens is 3. The Balaban J connectivity index is 2.43. The van der Waals surface area contributed by atoms with E-state index >= 15 is 0 Å². The van der Waals surface area contributed by atoms with Gasteiger partial charge in [0.25, 0.3) is 0 Å². The molecule has 2 N–H and O–H groups in total. The molecule has 0 amide bonds. The van der Waals surface area contributed by atoms with E-state index < -0.39 is 23.5 Å². The van der Waals surface area contributed by atoms with Crippen molar-refractivity contribution in [2.75, 3.05) is 0 Å². The van der Waals surface area contributed by atoms with Crippen LogP contribution in [-0.2, 0) is 0 Å². The SMILES string of the molecule is NC(c1cc(F)cc(F)c1)c1ncccc1F. The van der Waals surface area contributed by atoms with Crippen LogP contribution in [0.5, 0.6) is 0 Å². The standard InChI is InChI=1S/C12H9F3N2/c13-8-4-7(5-9(14)6-8)11(16)12-10(15)2-1-3-17-12/h1-6,11H,16H2. The Morgan fingerprint density at radius 1 is 1.06 bits per heavy atom. The summed E-state index contributed by atoms with van der Waals surface area (Å²) in [5.74, 6) is -2.12. The maximum Gasteiger partial charge on any atom is 0.146 e. The molecule has 0 saturated carbocycles. The van der Waals surface area contributed by atoms with Crippen LogP contribution >= 0.6 is 0 Å². The zero-order valence-corrected chi connectivity index (χ0v) is 8.70. The number of nitrogens with two attached hydrogens (primary N) is 1. The molecular formula is C12H9F3N2. The van der Waals surface area contributed by atoms with Crippen molar-refractivity contribution in [3.05, 3.63) is 65.2 Å². The molecule has 0 aliphatic heterocycles. The molecule has 5 heteroatoms. The van der Waals surface area contributed by atoms with Crippen molar-refractivity contribution in [3.63, 3.8) is 0 Å². The molecular weight excluding hydrogens is 229 g/mol. The zero-order chi connectivity index (χ0) is 12.4. The number of nitrogens with zero attached hydrogens (tertiary/aromatic N) is 1. The minimum atomic E-state index is -0.999. The van der Waals surface area contributed by atoms with Crippen molar-refractivity contribution in [1.29, 1.82) is 0 Å². The first-order valence-corrected chi connectivity index (χ1v) is 4.90. The summed E-state index contributed by atoms with van der Waals surface area (Å²) in [7, 11) is 0. The third-order valence-electron chi connectivity index (χ3n) is 2.33. The topological polar surface area (TPSA) is 38.9 Å². The maximum absolute atomic E-state index is 13.4. The molecule has 0 saturated heterocycles. The molecule has 0 fully saturated rings. The normalized spacial score (nSPS) is 12.5. The van der Waals surface area contributed by atoms with Crippen molar-refractivity contribution in [2.24, 2.45) is 5.73 Å². The van der Waals surface area contributed by atoms with Crippen LogP contribution in [0.4, 0.5) is 13.2 Å². The summed E-state index contributed by atoms with van der Waals surface area (Å²) in [6, 6.07) is 4.45. The summed E-state index contributed by atoms with van der Waals surface area (Å²) in [4.78, 5) is 3.77. The highest BCUT2D eigenvalue weighted by molar-refractivity contribution is 5.28. The summed E-state index contributed by atoms with van der Waals surface area (Å²) < 4.78 is 39.4. The molecule has 1 unspecified atom stereocenters. The average Bonchev–Trinajstić information content (AvgIpc) is 2.27. The van der Waals surface area contributed by atoms with Gasteiger partial charge in [0.05, 0.1) is 11.7 Å². The molecule has 1 atom stereocenters. The van der Waals surface area contributed by atoms with Crippen LogP contribution in [-0.4, -0.2) is 4.98 Å². The molecule has 88 valence electrons. The number of hydrogen-bond acceptors (Lipinski definition) is 2. The highest BCUT2D eigenvalue weighted by Gasteiger charge is 2.16. The third-order valence-corrected chi connectivity index (χ3v) is 2.33. The Morgan fingerprint density at radius 3 is 2.29 bits per heavy atom. The fraction of sp³-hybridized carbons (Fsp3) is 0.0833. The van der Waals surface area contributed by atoms with E-state index in [9.17, 15) is 13.2 Å². The quantitative estimate of drug-likeness (QED) is 0.873. The second kappa shape index (κ2) is 4.55. The molecule has 1 heterocycles. The van der Waals surface area contributed by atoms with Gasteiger partial charge >= 0.3 is 0 Å². The van der Waals surface area contributed by atoms with E-state index in [1.807, 2.05) is 0 Å². The molecule has 1 aromatic heterocycles. The van der Waals surface area contributed by atoms with E-state index in [2.05, 4.69) is 4.98 Å². The van der Waals surface area contributed by atoms with E-state index in [1.54, 1.807) is 0 Å². The lowest BCUT2D eigenvalue weighted by Gasteiger charge is -2.12. The Kier molecular flexibility index (Phi) is 3.10. The maximum atomic E-state index is 13.4. The highest BCUT2D eigenvalue weighted by Crippen LogP contribution is 2.21. The van der Waals surface area contributed by atoms with Crippen LogP contribution < -0.4 is 5.73 Å². The van der Waals surface area contributed by atoms with E-state index in [0.717, 1.165) is 18.2 Å². The minimum Gasteiger partial charge on any atom is -0.319 e. The molecule has 0 spiro atoms. The molecule has 17 heavy (non-hydrogen) atoms. The minimum absolute atomic E-state index is 0.0440. The molecule has 2 rings (SSSR count). The monoisotopic (exact) mass is 238 g/mol. The van der Waals surface area contributed by atoms with Crippen LogP contribution in [0.25, 0.3) is 0 Å². The second-order valence-corrected chi connectivity index (χ2v) is 3.55. The molecule has 0 radical (unpaired) electrons. The first kappa shape index (κ1) is 11.6. The van der Waals surface area contributed by atoms with E-state index in [4.69, 9.17) is 5.73 Å². The van der Waals surface area contributed by atoms with Gasteiger partial charge in [0.15, 0.2) is 0 Å². The molecule has 1 aromatic carbocycles. The van der Waals surface area contributed by atoms with Crippen molar-refractivity contribution < 1.29 is 13.2 Å². The van der Waals surface area contributed by atoms with E-state index in [0.29, 0.717) is 0 Å². The Bertz CT molecular complexity index is 523. The van der Waals surface area contributed by atoms with E-state index in [-0.39, 0.29) is 11.3 Å². The van der Waals surface area contributed by atoms with Crippen LogP contribution in [0.3, 0.4) is 0 Å². The van der Waals surface area contributed by atoms with Gasteiger partial charge in [-0.3, -0.25) is 4.98 Å². The Morgan fingerprint density at radius 2 is 1.71 bits per heavy atom. The molecule has 2 nitrogen and oxygen atoms in total. The largest absolute Gasteiger partial charge is 0.319 e. The van der Waals surface area contributed by atoms with Crippen LogP contribution in [0, 0.1) is 17.5 Å². The number of benzene rings is 1. The first-order valence-electron chi connectivity index (χ1n) is 4.90. The second-order valence-electron chi connectivity index (χ2n) is 3.55. The molecule has 0 aliphatic rings. The zero-order valence-electron chi connectivity index (χ0n) is 8.70. The van der Waals surface area contributed by atoms with Gasteiger partial charge in [-0.05, 0) is 29.8 Å². The van der Waals surface area contributed by atoms with Gasteiger partial charge < -0.3 is 5.73 Å². The molecule has 0 bridgehead atoms. The Hall–Kier alpha value is -1.88. The smallest absolute Gasteiger partial charge is 0.146 e. The number of aromatic nitrogens is 1. The van der Waals surface area contributed by atoms with E-state index in [1.165, 1.54) is 18.3 Å². The van der Waals surface area contributed by atoms with Gasteiger partial charge in [-0.1, -0.05) is 0 Å².